The summed E-state index contributed by atoms with van der Waals surface area (Å²) in [5, 5.41) is 4.19. The molecule has 1 saturated heterocycles. The van der Waals surface area contributed by atoms with Gasteiger partial charge in [0.25, 0.3) is 5.91 Å². The van der Waals surface area contributed by atoms with Gasteiger partial charge < -0.3 is 9.42 Å². The van der Waals surface area contributed by atoms with E-state index in [1.165, 1.54) is 18.2 Å². The van der Waals surface area contributed by atoms with Crippen LogP contribution in [0.2, 0.25) is 5.02 Å². The van der Waals surface area contributed by atoms with E-state index in [1.807, 2.05) is 30.3 Å². The van der Waals surface area contributed by atoms with Crippen LogP contribution in [0.1, 0.15) is 22.7 Å². The lowest BCUT2D eigenvalue weighted by Crippen LogP contribution is -2.48. The summed E-state index contributed by atoms with van der Waals surface area (Å²) in [6.07, 6.45) is 1.61. The van der Waals surface area contributed by atoms with E-state index in [9.17, 15) is 9.18 Å². The van der Waals surface area contributed by atoms with E-state index < -0.39 is 5.82 Å². The number of halogens is 2. The second-order valence-corrected chi connectivity index (χ2v) is 7.65. The Bertz CT molecular complexity index is 1000. The number of rotatable bonds is 6. The number of aromatic nitrogens is 2. The SMILES string of the molecule is O=C(c1ccc(F)cc1Cl)N1CCN(CCCc2nc(-c3ccccc3)no2)CC1. The third-order valence-corrected chi connectivity index (χ3v) is 5.50. The van der Waals surface area contributed by atoms with Crippen molar-refractivity contribution in [2.24, 2.45) is 0 Å². The molecule has 2 heterocycles. The van der Waals surface area contributed by atoms with Gasteiger partial charge in [-0.15, -0.1) is 0 Å². The lowest BCUT2D eigenvalue weighted by Gasteiger charge is -2.34. The molecule has 1 aromatic heterocycles. The molecule has 1 aliphatic heterocycles. The topological polar surface area (TPSA) is 62.5 Å². The van der Waals surface area contributed by atoms with Gasteiger partial charge in [0.05, 0.1) is 10.6 Å². The van der Waals surface area contributed by atoms with Crippen molar-refractivity contribution >= 4 is 17.5 Å². The molecule has 0 radical (unpaired) electrons. The Hall–Kier alpha value is -2.77. The Balaban J connectivity index is 1.23. The zero-order valence-corrected chi connectivity index (χ0v) is 17.2. The molecule has 1 amide bonds. The summed E-state index contributed by atoms with van der Waals surface area (Å²) in [5.41, 5.74) is 1.28. The number of amides is 1. The molecule has 1 fully saturated rings. The average molecular weight is 429 g/mol. The van der Waals surface area contributed by atoms with Crippen LogP contribution in [0, 0.1) is 5.82 Å². The Morgan fingerprint density at radius 1 is 1.10 bits per heavy atom. The number of carbonyl (C=O) groups is 1. The van der Waals surface area contributed by atoms with Crippen molar-refractivity contribution in [3.8, 4) is 11.4 Å². The number of piperazine rings is 1. The van der Waals surface area contributed by atoms with Crippen LogP contribution >= 0.6 is 11.6 Å². The molecular formula is C22H22ClFN4O2. The Kier molecular flexibility index (Phi) is 6.40. The second kappa shape index (κ2) is 9.36. The van der Waals surface area contributed by atoms with Crippen molar-refractivity contribution in [2.75, 3.05) is 32.7 Å². The Morgan fingerprint density at radius 3 is 2.60 bits per heavy atom. The van der Waals surface area contributed by atoms with E-state index in [0.29, 0.717) is 36.8 Å². The summed E-state index contributed by atoms with van der Waals surface area (Å²) in [7, 11) is 0. The van der Waals surface area contributed by atoms with E-state index in [1.54, 1.807) is 4.90 Å². The van der Waals surface area contributed by atoms with Crippen molar-refractivity contribution in [2.45, 2.75) is 12.8 Å². The van der Waals surface area contributed by atoms with Gasteiger partial charge in [-0.05, 0) is 31.2 Å². The number of benzene rings is 2. The fraction of sp³-hybridized carbons (Fsp3) is 0.318. The first kappa shape index (κ1) is 20.5. The molecule has 1 aliphatic rings. The molecule has 156 valence electrons. The number of hydrogen-bond acceptors (Lipinski definition) is 5. The molecule has 6 nitrogen and oxygen atoms in total. The van der Waals surface area contributed by atoms with Crippen LogP contribution < -0.4 is 0 Å². The molecular weight excluding hydrogens is 407 g/mol. The zero-order valence-electron chi connectivity index (χ0n) is 16.4. The average Bonchev–Trinajstić information content (AvgIpc) is 3.23. The standard InChI is InChI=1S/C22H22ClFN4O2/c23-19-15-17(24)8-9-18(19)22(29)28-13-11-27(12-14-28)10-4-7-20-25-21(26-30-20)16-5-2-1-3-6-16/h1-3,5-6,8-9,15H,4,7,10-14H2. The molecule has 0 bridgehead atoms. The van der Waals surface area contributed by atoms with Gasteiger partial charge >= 0.3 is 0 Å². The number of aryl methyl sites for hydroxylation is 1. The van der Waals surface area contributed by atoms with Crippen molar-refractivity contribution < 1.29 is 13.7 Å². The molecule has 0 aliphatic carbocycles. The second-order valence-electron chi connectivity index (χ2n) is 7.24. The molecule has 0 saturated carbocycles. The predicted molar refractivity (Wildman–Crippen MR) is 112 cm³/mol. The molecule has 4 rings (SSSR count). The number of nitrogens with zero attached hydrogens (tertiary/aromatic N) is 4. The number of carbonyl (C=O) groups excluding carboxylic acids is 1. The number of hydrogen-bond donors (Lipinski definition) is 0. The summed E-state index contributed by atoms with van der Waals surface area (Å²) in [6, 6.07) is 13.6. The highest BCUT2D eigenvalue weighted by molar-refractivity contribution is 6.33. The third-order valence-electron chi connectivity index (χ3n) is 5.19. The van der Waals surface area contributed by atoms with Gasteiger partial charge in [0.15, 0.2) is 0 Å². The molecule has 0 spiro atoms. The maximum atomic E-state index is 13.2. The van der Waals surface area contributed by atoms with E-state index in [-0.39, 0.29) is 10.9 Å². The first-order chi connectivity index (χ1) is 14.6. The highest BCUT2D eigenvalue weighted by atomic mass is 35.5. The summed E-state index contributed by atoms with van der Waals surface area (Å²) in [4.78, 5) is 21.2. The minimum Gasteiger partial charge on any atom is -0.339 e. The summed E-state index contributed by atoms with van der Waals surface area (Å²) >= 11 is 6.02. The van der Waals surface area contributed by atoms with Gasteiger partial charge in [0.1, 0.15) is 5.82 Å². The summed E-state index contributed by atoms with van der Waals surface area (Å²) in [6.45, 7) is 3.69. The minimum atomic E-state index is -0.446. The van der Waals surface area contributed by atoms with Gasteiger partial charge in [-0.2, -0.15) is 4.98 Å². The first-order valence-corrected chi connectivity index (χ1v) is 10.3. The van der Waals surface area contributed by atoms with Gasteiger partial charge in [-0.1, -0.05) is 47.1 Å². The summed E-state index contributed by atoms with van der Waals surface area (Å²) in [5.74, 6) is 0.642. The minimum absolute atomic E-state index is 0.150. The van der Waals surface area contributed by atoms with E-state index >= 15 is 0 Å². The normalized spacial score (nSPS) is 14.8. The smallest absolute Gasteiger partial charge is 0.255 e. The molecule has 0 unspecified atom stereocenters. The predicted octanol–water partition coefficient (Wildman–Crippen LogP) is 3.92. The Labute approximate surface area is 179 Å². The summed E-state index contributed by atoms with van der Waals surface area (Å²) < 4.78 is 18.6. The molecule has 30 heavy (non-hydrogen) atoms. The van der Waals surface area contributed by atoms with Crippen LogP contribution in [-0.2, 0) is 6.42 Å². The van der Waals surface area contributed by atoms with Gasteiger partial charge in [-0.25, -0.2) is 4.39 Å². The first-order valence-electron chi connectivity index (χ1n) is 9.95. The maximum Gasteiger partial charge on any atom is 0.255 e. The lowest BCUT2D eigenvalue weighted by atomic mass is 10.1. The van der Waals surface area contributed by atoms with Crippen molar-refractivity contribution in [1.29, 1.82) is 0 Å². The quantitative estimate of drug-likeness (QED) is 0.595. The fourth-order valence-electron chi connectivity index (χ4n) is 3.52. The van der Waals surface area contributed by atoms with Crippen LogP contribution in [0.3, 0.4) is 0 Å². The van der Waals surface area contributed by atoms with Crippen LogP contribution in [0.4, 0.5) is 4.39 Å². The van der Waals surface area contributed by atoms with Gasteiger partial charge in [-0.3, -0.25) is 9.69 Å². The third kappa shape index (κ3) is 4.86. The molecule has 3 aromatic rings. The van der Waals surface area contributed by atoms with Crippen molar-refractivity contribution in [3.63, 3.8) is 0 Å². The van der Waals surface area contributed by atoms with Gasteiger partial charge in [0, 0.05) is 38.2 Å². The van der Waals surface area contributed by atoms with Crippen LogP contribution in [-0.4, -0.2) is 58.6 Å². The van der Waals surface area contributed by atoms with E-state index in [0.717, 1.165) is 31.6 Å². The monoisotopic (exact) mass is 428 g/mol. The van der Waals surface area contributed by atoms with Crippen molar-refractivity contribution in [3.05, 3.63) is 70.8 Å². The fourth-order valence-corrected chi connectivity index (χ4v) is 3.77. The lowest BCUT2D eigenvalue weighted by molar-refractivity contribution is 0.0635. The highest BCUT2D eigenvalue weighted by Crippen LogP contribution is 2.20. The van der Waals surface area contributed by atoms with Crippen LogP contribution in [0.5, 0.6) is 0 Å². The molecule has 2 aromatic carbocycles. The molecule has 0 N–H and O–H groups in total. The largest absolute Gasteiger partial charge is 0.339 e. The maximum absolute atomic E-state index is 13.2. The molecule has 8 heteroatoms. The van der Waals surface area contributed by atoms with E-state index in [2.05, 4.69) is 15.0 Å². The Morgan fingerprint density at radius 2 is 1.87 bits per heavy atom. The van der Waals surface area contributed by atoms with Gasteiger partial charge in [0.2, 0.25) is 11.7 Å². The highest BCUT2D eigenvalue weighted by Gasteiger charge is 2.23. The van der Waals surface area contributed by atoms with E-state index in [4.69, 9.17) is 16.1 Å². The van der Waals surface area contributed by atoms with Crippen LogP contribution in [0.15, 0.2) is 53.1 Å². The zero-order chi connectivity index (χ0) is 20.9. The molecule has 0 atom stereocenters. The van der Waals surface area contributed by atoms with Crippen LogP contribution in [0.25, 0.3) is 11.4 Å². The van der Waals surface area contributed by atoms with Crippen molar-refractivity contribution in [1.82, 2.24) is 19.9 Å².